The van der Waals surface area contributed by atoms with Crippen molar-refractivity contribution in [2.45, 2.75) is 16.8 Å². The first-order valence-corrected chi connectivity index (χ1v) is 6.69. The van der Waals surface area contributed by atoms with Crippen LogP contribution in [0.5, 0.6) is 0 Å². The highest BCUT2D eigenvalue weighted by Crippen LogP contribution is 2.28. The minimum absolute atomic E-state index is 0.754. The summed E-state index contributed by atoms with van der Waals surface area (Å²) in [7, 11) is 0. The first-order chi connectivity index (χ1) is 7.65. The van der Waals surface area contributed by atoms with Gasteiger partial charge in [0.15, 0.2) is 0 Å². The molecule has 0 amide bonds. The fourth-order valence-corrected chi connectivity index (χ4v) is 2.39. The molecule has 0 aliphatic carbocycles. The van der Waals surface area contributed by atoms with Gasteiger partial charge in [0.1, 0.15) is 5.03 Å². The number of hydrogen-bond acceptors (Lipinski definition) is 2. The van der Waals surface area contributed by atoms with E-state index in [9.17, 15) is 0 Å². The van der Waals surface area contributed by atoms with Crippen molar-refractivity contribution in [2.24, 2.45) is 0 Å². The number of halogens is 2. The monoisotopic (exact) mass is 313 g/mol. The molecular formula is C12H9BrClNS. The average molecular weight is 315 g/mol. The van der Waals surface area contributed by atoms with Crippen LogP contribution >= 0.6 is 39.3 Å². The van der Waals surface area contributed by atoms with E-state index in [1.54, 1.807) is 11.8 Å². The van der Waals surface area contributed by atoms with Crippen LogP contribution in [0.1, 0.15) is 5.56 Å². The van der Waals surface area contributed by atoms with Crippen molar-refractivity contribution in [2.75, 3.05) is 0 Å². The molecule has 4 heteroatoms. The van der Waals surface area contributed by atoms with Gasteiger partial charge in [0.2, 0.25) is 0 Å². The molecule has 16 heavy (non-hydrogen) atoms. The van der Waals surface area contributed by atoms with E-state index in [-0.39, 0.29) is 0 Å². The van der Waals surface area contributed by atoms with Gasteiger partial charge in [0, 0.05) is 20.6 Å². The molecule has 1 aromatic heterocycles. The minimum atomic E-state index is 0.754. The summed E-state index contributed by atoms with van der Waals surface area (Å²) >= 11 is 10.9. The van der Waals surface area contributed by atoms with Crippen LogP contribution in [0.25, 0.3) is 0 Å². The molecule has 1 aromatic carbocycles. The Morgan fingerprint density at radius 2 is 1.94 bits per heavy atom. The number of rotatable bonds is 2. The molecule has 0 unspecified atom stereocenters. The van der Waals surface area contributed by atoms with E-state index in [2.05, 4.69) is 33.9 Å². The van der Waals surface area contributed by atoms with Crippen LogP contribution in [0, 0.1) is 6.92 Å². The molecule has 0 radical (unpaired) electrons. The molecular weight excluding hydrogens is 306 g/mol. The second kappa shape index (κ2) is 5.21. The van der Waals surface area contributed by atoms with E-state index in [0.29, 0.717) is 0 Å². The number of hydrogen-bond donors (Lipinski definition) is 0. The first-order valence-electron chi connectivity index (χ1n) is 4.71. The Morgan fingerprint density at radius 3 is 2.56 bits per heavy atom. The Balaban J connectivity index is 2.20. The summed E-state index contributed by atoms with van der Waals surface area (Å²) in [6.45, 7) is 2.05. The van der Waals surface area contributed by atoms with Crippen molar-refractivity contribution in [3.8, 4) is 0 Å². The van der Waals surface area contributed by atoms with Crippen molar-refractivity contribution in [3.63, 3.8) is 0 Å². The van der Waals surface area contributed by atoms with Crippen molar-refractivity contribution < 1.29 is 0 Å². The number of nitrogens with zero attached hydrogens (tertiary/aromatic N) is 1. The zero-order valence-electron chi connectivity index (χ0n) is 8.58. The molecule has 0 bridgehead atoms. The van der Waals surface area contributed by atoms with E-state index in [4.69, 9.17) is 11.6 Å². The Hall–Kier alpha value is -0.510. The van der Waals surface area contributed by atoms with Gasteiger partial charge in [-0.25, -0.2) is 4.98 Å². The lowest BCUT2D eigenvalue weighted by molar-refractivity contribution is 1.10. The van der Waals surface area contributed by atoms with Crippen LogP contribution in [-0.4, -0.2) is 4.98 Å². The molecule has 1 nitrogen and oxygen atoms in total. The van der Waals surface area contributed by atoms with Crippen LogP contribution in [0.2, 0.25) is 5.02 Å². The first kappa shape index (κ1) is 12.0. The molecule has 0 atom stereocenters. The Bertz CT molecular complexity index is 499. The lowest BCUT2D eigenvalue weighted by atomic mass is 10.3. The van der Waals surface area contributed by atoms with Gasteiger partial charge in [-0.1, -0.05) is 23.4 Å². The second-order valence-electron chi connectivity index (χ2n) is 3.33. The predicted octanol–water partition coefficient (Wildman–Crippen LogP) is 4.96. The summed E-state index contributed by atoms with van der Waals surface area (Å²) in [6.07, 6.45) is 1.83. The number of aromatic nitrogens is 1. The molecule has 0 saturated carbocycles. The van der Waals surface area contributed by atoms with Gasteiger partial charge >= 0.3 is 0 Å². The SMILES string of the molecule is Cc1cc(Sc2ccc(Cl)cc2)ncc1Br. The quantitative estimate of drug-likeness (QED) is 0.777. The van der Waals surface area contributed by atoms with Crippen LogP contribution in [0.4, 0.5) is 0 Å². The second-order valence-corrected chi connectivity index (χ2v) is 5.71. The molecule has 0 spiro atoms. The highest BCUT2D eigenvalue weighted by atomic mass is 79.9. The summed E-state index contributed by atoms with van der Waals surface area (Å²) in [5.41, 5.74) is 1.19. The smallest absolute Gasteiger partial charge is 0.101 e. The van der Waals surface area contributed by atoms with E-state index < -0.39 is 0 Å². The fourth-order valence-electron chi connectivity index (χ4n) is 1.19. The van der Waals surface area contributed by atoms with Crippen molar-refractivity contribution >= 4 is 39.3 Å². The molecule has 1 heterocycles. The topological polar surface area (TPSA) is 12.9 Å². The Labute approximate surface area is 112 Å². The summed E-state index contributed by atoms with van der Waals surface area (Å²) < 4.78 is 1.04. The van der Waals surface area contributed by atoms with Crippen LogP contribution < -0.4 is 0 Å². The lowest BCUT2D eigenvalue weighted by Gasteiger charge is -2.03. The summed E-state index contributed by atoms with van der Waals surface area (Å²) in [5, 5.41) is 1.74. The van der Waals surface area contributed by atoms with Gasteiger partial charge in [0.25, 0.3) is 0 Å². The number of benzene rings is 1. The maximum atomic E-state index is 5.83. The van der Waals surface area contributed by atoms with Crippen LogP contribution in [-0.2, 0) is 0 Å². The van der Waals surface area contributed by atoms with Crippen molar-refractivity contribution in [3.05, 3.63) is 51.6 Å². The molecule has 0 fully saturated rings. The highest BCUT2D eigenvalue weighted by molar-refractivity contribution is 9.10. The molecule has 0 aliphatic heterocycles. The summed E-state index contributed by atoms with van der Waals surface area (Å²) in [5.74, 6) is 0. The third-order valence-corrected chi connectivity index (χ3v) is 4.08. The normalized spacial score (nSPS) is 10.4. The molecule has 2 aromatic rings. The summed E-state index contributed by atoms with van der Waals surface area (Å²) in [4.78, 5) is 5.48. The van der Waals surface area contributed by atoms with Gasteiger partial charge in [-0.05, 0) is 58.7 Å². The van der Waals surface area contributed by atoms with E-state index in [0.717, 1.165) is 19.4 Å². The Morgan fingerprint density at radius 1 is 1.25 bits per heavy atom. The third-order valence-electron chi connectivity index (χ3n) is 2.06. The standard InChI is InChI=1S/C12H9BrClNS/c1-8-6-12(15-7-11(8)13)16-10-4-2-9(14)3-5-10/h2-7H,1H3. The maximum absolute atomic E-state index is 5.83. The van der Waals surface area contributed by atoms with Gasteiger partial charge in [0.05, 0.1) is 0 Å². The zero-order valence-corrected chi connectivity index (χ0v) is 11.7. The number of aryl methyl sites for hydroxylation is 1. The van der Waals surface area contributed by atoms with Gasteiger partial charge in [-0.15, -0.1) is 0 Å². The van der Waals surface area contributed by atoms with Crippen LogP contribution in [0.3, 0.4) is 0 Å². The van der Waals surface area contributed by atoms with E-state index >= 15 is 0 Å². The molecule has 2 rings (SSSR count). The fraction of sp³-hybridized carbons (Fsp3) is 0.0833. The molecule has 0 aliphatic rings. The van der Waals surface area contributed by atoms with E-state index in [1.807, 2.05) is 30.5 Å². The van der Waals surface area contributed by atoms with Crippen LogP contribution in [0.15, 0.2) is 50.9 Å². The van der Waals surface area contributed by atoms with Crippen molar-refractivity contribution in [1.29, 1.82) is 0 Å². The molecule has 0 N–H and O–H groups in total. The largest absolute Gasteiger partial charge is 0.248 e. The molecule has 0 saturated heterocycles. The highest BCUT2D eigenvalue weighted by Gasteiger charge is 2.01. The zero-order chi connectivity index (χ0) is 11.5. The minimum Gasteiger partial charge on any atom is -0.248 e. The number of pyridine rings is 1. The average Bonchev–Trinajstić information content (AvgIpc) is 2.27. The maximum Gasteiger partial charge on any atom is 0.101 e. The van der Waals surface area contributed by atoms with Gasteiger partial charge in [-0.3, -0.25) is 0 Å². The lowest BCUT2D eigenvalue weighted by Crippen LogP contribution is -1.83. The third kappa shape index (κ3) is 3.00. The van der Waals surface area contributed by atoms with Gasteiger partial charge < -0.3 is 0 Å². The molecule has 82 valence electrons. The Kier molecular flexibility index (Phi) is 3.90. The summed E-state index contributed by atoms with van der Waals surface area (Å²) in [6, 6.07) is 9.81. The predicted molar refractivity (Wildman–Crippen MR) is 72.2 cm³/mol. The van der Waals surface area contributed by atoms with Crippen molar-refractivity contribution in [1.82, 2.24) is 4.98 Å². The van der Waals surface area contributed by atoms with Gasteiger partial charge in [-0.2, -0.15) is 0 Å². The van der Waals surface area contributed by atoms with E-state index in [1.165, 1.54) is 5.56 Å².